The molecule has 0 aliphatic carbocycles. The molecule has 0 radical (unpaired) electrons. The number of nitrogens with zero attached hydrogens (tertiary/aromatic N) is 2. The number of fused-ring (bicyclic) bond motifs is 3. The fourth-order valence-electron chi connectivity index (χ4n) is 3.77. The molecular weight excluding hydrogens is 392 g/mol. The zero-order chi connectivity index (χ0) is 20.7. The van der Waals surface area contributed by atoms with Crippen LogP contribution in [0.15, 0.2) is 53.1 Å². The molecule has 0 fully saturated rings. The molecule has 0 spiro atoms. The van der Waals surface area contributed by atoms with Crippen molar-refractivity contribution in [1.82, 2.24) is 15.0 Å². The normalized spacial score (nSPS) is 13.5. The van der Waals surface area contributed by atoms with Gasteiger partial charge < -0.3 is 19.1 Å². The summed E-state index contributed by atoms with van der Waals surface area (Å²) in [5, 5.41) is 4.98. The van der Waals surface area contributed by atoms with Gasteiger partial charge in [-0.2, -0.15) is 0 Å². The van der Waals surface area contributed by atoms with Crippen LogP contribution in [0.4, 0.5) is 8.78 Å². The minimum absolute atomic E-state index is 0.127. The van der Waals surface area contributed by atoms with Gasteiger partial charge in [-0.25, -0.2) is 8.78 Å². The highest BCUT2D eigenvalue weighted by atomic mass is 19.1. The van der Waals surface area contributed by atoms with E-state index in [9.17, 15) is 13.6 Å². The highest BCUT2D eigenvalue weighted by Crippen LogP contribution is 2.28. The number of hydrogen-bond donors (Lipinski definition) is 1. The monoisotopic (exact) mass is 409 g/mol. The van der Waals surface area contributed by atoms with Crippen molar-refractivity contribution in [1.29, 1.82) is 0 Å². The fourth-order valence-corrected chi connectivity index (χ4v) is 3.77. The first-order valence-electron chi connectivity index (χ1n) is 9.50. The van der Waals surface area contributed by atoms with Crippen LogP contribution in [0.25, 0.3) is 10.9 Å². The summed E-state index contributed by atoms with van der Waals surface area (Å²) in [6, 6.07) is 12.9. The third-order valence-corrected chi connectivity index (χ3v) is 5.23. The van der Waals surface area contributed by atoms with Gasteiger partial charge in [0.15, 0.2) is 28.8 Å². The number of hydrogen-bond acceptors (Lipinski definition) is 4. The topological polar surface area (TPSA) is 71.4 Å². The molecule has 30 heavy (non-hydrogen) atoms. The van der Waals surface area contributed by atoms with E-state index in [1.165, 1.54) is 23.1 Å². The molecule has 2 aromatic heterocycles. The Bertz CT molecular complexity index is 1230. The molecule has 0 saturated heterocycles. The smallest absolute Gasteiger partial charge is 0.276 e. The number of carbonyl (C=O) groups is 1. The van der Waals surface area contributed by atoms with Crippen LogP contribution in [-0.2, 0) is 19.6 Å². The summed E-state index contributed by atoms with van der Waals surface area (Å²) >= 11 is 0. The van der Waals surface area contributed by atoms with Crippen molar-refractivity contribution < 1.29 is 22.8 Å². The molecule has 1 aliphatic rings. The molecule has 152 valence electrons. The Labute approximate surface area is 170 Å². The standard InChI is InChI=1S/C22H17F2N3O3/c23-16-5-3-6-17(24)21(16)29-12-13-10-19(26-30-13)22(28)27-9-8-15-14-4-1-2-7-18(14)25-20(15)11-27/h1-7,10,25H,8-9,11-12H2. The summed E-state index contributed by atoms with van der Waals surface area (Å²) in [7, 11) is 0. The summed E-state index contributed by atoms with van der Waals surface area (Å²) < 4.78 is 37.6. The Morgan fingerprint density at radius 1 is 1.17 bits per heavy atom. The highest BCUT2D eigenvalue weighted by Gasteiger charge is 2.26. The van der Waals surface area contributed by atoms with Gasteiger partial charge in [-0.15, -0.1) is 0 Å². The van der Waals surface area contributed by atoms with Gasteiger partial charge in [0.25, 0.3) is 5.91 Å². The van der Waals surface area contributed by atoms with Gasteiger partial charge in [-0.3, -0.25) is 4.79 Å². The highest BCUT2D eigenvalue weighted by molar-refractivity contribution is 5.93. The maximum atomic E-state index is 13.7. The summed E-state index contributed by atoms with van der Waals surface area (Å²) in [5.74, 6) is -2.19. The van der Waals surface area contributed by atoms with E-state index in [-0.39, 0.29) is 24.0 Å². The lowest BCUT2D eigenvalue weighted by Gasteiger charge is -2.26. The summed E-state index contributed by atoms with van der Waals surface area (Å²) in [6.07, 6.45) is 0.742. The summed E-state index contributed by atoms with van der Waals surface area (Å²) in [6.45, 7) is 0.763. The second kappa shape index (κ2) is 7.29. The minimum Gasteiger partial charge on any atom is -0.479 e. The lowest BCUT2D eigenvalue weighted by Crippen LogP contribution is -2.36. The largest absolute Gasteiger partial charge is 0.479 e. The molecule has 4 aromatic rings. The van der Waals surface area contributed by atoms with E-state index in [1.807, 2.05) is 18.2 Å². The number of ether oxygens (including phenoxy) is 1. The van der Waals surface area contributed by atoms with Gasteiger partial charge in [0.1, 0.15) is 6.61 Å². The Kier molecular flexibility index (Phi) is 4.46. The first-order valence-corrected chi connectivity index (χ1v) is 9.50. The third kappa shape index (κ3) is 3.20. The van der Waals surface area contributed by atoms with Crippen molar-refractivity contribution in [3.63, 3.8) is 0 Å². The molecule has 0 atom stereocenters. The molecule has 0 unspecified atom stereocenters. The van der Waals surface area contributed by atoms with Crippen LogP contribution in [-0.4, -0.2) is 27.5 Å². The maximum Gasteiger partial charge on any atom is 0.276 e. The number of aromatic amines is 1. The van der Waals surface area contributed by atoms with Crippen molar-refractivity contribution >= 4 is 16.8 Å². The molecule has 1 amide bonds. The van der Waals surface area contributed by atoms with Gasteiger partial charge in [-0.05, 0) is 30.2 Å². The second-order valence-electron chi connectivity index (χ2n) is 7.12. The zero-order valence-electron chi connectivity index (χ0n) is 15.8. The number of aromatic nitrogens is 2. The predicted octanol–water partition coefficient (Wildman–Crippen LogP) is 4.21. The second-order valence-corrected chi connectivity index (χ2v) is 7.12. The van der Waals surface area contributed by atoms with Crippen LogP contribution in [0.3, 0.4) is 0 Å². The quantitative estimate of drug-likeness (QED) is 0.548. The van der Waals surface area contributed by atoms with Crippen molar-refractivity contribution in [2.24, 2.45) is 0 Å². The molecule has 0 saturated carbocycles. The van der Waals surface area contributed by atoms with E-state index >= 15 is 0 Å². The van der Waals surface area contributed by atoms with E-state index in [1.54, 1.807) is 4.90 Å². The van der Waals surface area contributed by atoms with Crippen LogP contribution in [0.2, 0.25) is 0 Å². The van der Waals surface area contributed by atoms with Crippen LogP contribution in [0.5, 0.6) is 5.75 Å². The fraction of sp³-hybridized carbons (Fsp3) is 0.182. The summed E-state index contributed by atoms with van der Waals surface area (Å²) in [5.41, 5.74) is 3.42. The minimum atomic E-state index is -0.812. The molecule has 1 N–H and O–H groups in total. The van der Waals surface area contributed by atoms with Gasteiger partial charge in [0.05, 0.1) is 6.54 Å². The number of carbonyl (C=O) groups excluding carboxylic acids is 1. The van der Waals surface area contributed by atoms with Gasteiger partial charge in [-0.1, -0.05) is 29.4 Å². The molecule has 8 heteroatoms. The number of amides is 1. The average Bonchev–Trinajstić information content (AvgIpc) is 3.37. The molecule has 5 rings (SSSR count). The third-order valence-electron chi connectivity index (χ3n) is 5.23. The van der Waals surface area contributed by atoms with Gasteiger partial charge in [0, 0.05) is 29.2 Å². The molecule has 0 bridgehead atoms. The lowest BCUT2D eigenvalue weighted by molar-refractivity contribution is 0.0722. The Morgan fingerprint density at radius 2 is 1.97 bits per heavy atom. The number of H-pyrrole nitrogens is 1. The number of nitrogens with one attached hydrogen (secondary N) is 1. The molecule has 2 aromatic carbocycles. The number of halogens is 2. The van der Waals surface area contributed by atoms with E-state index < -0.39 is 17.4 Å². The first kappa shape index (κ1) is 18.4. The van der Waals surface area contributed by atoms with Crippen molar-refractivity contribution in [3.05, 3.63) is 82.9 Å². The van der Waals surface area contributed by atoms with Crippen LogP contribution in [0, 0.1) is 11.6 Å². The zero-order valence-corrected chi connectivity index (χ0v) is 15.8. The summed E-state index contributed by atoms with van der Waals surface area (Å²) in [4.78, 5) is 17.9. The number of rotatable bonds is 4. The number of benzene rings is 2. The predicted molar refractivity (Wildman–Crippen MR) is 104 cm³/mol. The van der Waals surface area contributed by atoms with E-state index in [0.717, 1.165) is 29.8 Å². The molecular formula is C22H17F2N3O3. The first-order chi connectivity index (χ1) is 14.6. The Hall–Kier alpha value is -3.68. The number of para-hydroxylation sites is 2. The maximum absolute atomic E-state index is 13.7. The SMILES string of the molecule is O=C(c1cc(COc2c(F)cccc2F)on1)N1CCc2c([nH]c3ccccc23)C1. The Morgan fingerprint density at radius 3 is 2.80 bits per heavy atom. The van der Waals surface area contributed by atoms with E-state index in [2.05, 4.69) is 16.2 Å². The van der Waals surface area contributed by atoms with Crippen molar-refractivity contribution in [3.8, 4) is 5.75 Å². The van der Waals surface area contributed by atoms with Gasteiger partial charge in [0.2, 0.25) is 0 Å². The van der Waals surface area contributed by atoms with E-state index in [0.29, 0.717) is 13.1 Å². The van der Waals surface area contributed by atoms with Crippen molar-refractivity contribution in [2.75, 3.05) is 6.54 Å². The molecule has 3 heterocycles. The average molecular weight is 409 g/mol. The van der Waals surface area contributed by atoms with Crippen molar-refractivity contribution in [2.45, 2.75) is 19.6 Å². The molecule has 6 nitrogen and oxygen atoms in total. The lowest BCUT2D eigenvalue weighted by atomic mass is 10.0. The van der Waals surface area contributed by atoms with Gasteiger partial charge >= 0.3 is 0 Å². The van der Waals surface area contributed by atoms with Crippen LogP contribution in [0.1, 0.15) is 27.5 Å². The van der Waals surface area contributed by atoms with E-state index in [4.69, 9.17) is 9.26 Å². The Balaban J connectivity index is 1.29. The van der Waals surface area contributed by atoms with Crippen LogP contribution >= 0.6 is 0 Å². The van der Waals surface area contributed by atoms with Crippen LogP contribution < -0.4 is 4.74 Å². The molecule has 1 aliphatic heterocycles.